The second-order valence-corrected chi connectivity index (χ2v) is 5.45. The average Bonchev–Trinajstić information content (AvgIpc) is 2.77. The lowest BCUT2D eigenvalue weighted by molar-refractivity contribution is 0.315. The van der Waals surface area contributed by atoms with Crippen molar-refractivity contribution in [1.29, 1.82) is 5.26 Å². The maximum absolute atomic E-state index is 9.22. The van der Waals surface area contributed by atoms with Crippen LogP contribution in [0.3, 0.4) is 0 Å². The first-order chi connectivity index (χ1) is 8.13. The van der Waals surface area contributed by atoms with Gasteiger partial charge < -0.3 is 9.80 Å². The molecule has 0 N–H and O–H groups in total. The largest absolute Gasteiger partial charge is 0.369 e. The number of halogens is 1. The Bertz CT molecular complexity index is 450. The van der Waals surface area contributed by atoms with Gasteiger partial charge in [-0.05, 0) is 48.6 Å². The van der Waals surface area contributed by atoms with Gasteiger partial charge in [-0.3, -0.25) is 0 Å². The SMILES string of the molecule is CN(C)C1CCN(c2cccc(Br)c2C#N)C1. The first-order valence-electron chi connectivity index (χ1n) is 5.73. The molecule has 3 nitrogen and oxygen atoms in total. The van der Waals surface area contributed by atoms with E-state index >= 15 is 0 Å². The highest BCUT2D eigenvalue weighted by molar-refractivity contribution is 9.10. The van der Waals surface area contributed by atoms with E-state index < -0.39 is 0 Å². The van der Waals surface area contributed by atoms with Crippen molar-refractivity contribution in [3.05, 3.63) is 28.2 Å². The summed E-state index contributed by atoms with van der Waals surface area (Å²) in [6, 6.07) is 8.80. The van der Waals surface area contributed by atoms with Crippen LogP contribution in [0.1, 0.15) is 12.0 Å². The molecular formula is C13H16BrN3. The molecule has 90 valence electrons. The lowest BCUT2D eigenvalue weighted by atomic mass is 10.2. The summed E-state index contributed by atoms with van der Waals surface area (Å²) in [4.78, 5) is 4.55. The van der Waals surface area contributed by atoms with E-state index in [0.717, 1.165) is 35.2 Å². The fourth-order valence-corrected chi connectivity index (χ4v) is 2.71. The van der Waals surface area contributed by atoms with E-state index in [4.69, 9.17) is 0 Å². The van der Waals surface area contributed by atoms with Gasteiger partial charge >= 0.3 is 0 Å². The summed E-state index contributed by atoms with van der Waals surface area (Å²) in [6.45, 7) is 2.02. The van der Waals surface area contributed by atoms with E-state index in [1.807, 2.05) is 18.2 Å². The van der Waals surface area contributed by atoms with Crippen molar-refractivity contribution >= 4 is 21.6 Å². The van der Waals surface area contributed by atoms with Crippen molar-refractivity contribution in [2.24, 2.45) is 0 Å². The van der Waals surface area contributed by atoms with Gasteiger partial charge in [0.05, 0.1) is 11.3 Å². The number of nitrogens with zero attached hydrogens (tertiary/aromatic N) is 3. The Hall–Kier alpha value is -1.05. The van der Waals surface area contributed by atoms with Crippen LogP contribution in [0.5, 0.6) is 0 Å². The zero-order valence-corrected chi connectivity index (χ0v) is 11.7. The minimum Gasteiger partial charge on any atom is -0.369 e. The molecule has 1 aromatic carbocycles. The lowest BCUT2D eigenvalue weighted by Gasteiger charge is -2.22. The molecule has 4 heteroatoms. The summed E-state index contributed by atoms with van der Waals surface area (Å²) >= 11 is 3.44. The zero-order valence-electron chi connectivity index (χ0n) is 10.2. The molecule has 0 bridgehead atoms. The minimum atomic E-state index is 0.584. The van der Waals surface area contributed by atoms with Crippen molar-refractivity contribution in [2.75, 3.05) is 32.1 Å². The van der Waals surface area contributed by atoms with Gasteiger partial charge in [0.1, 0.15) is 6.07 Å². The Balaban J connectivity index is 2.25. The maximum Gasteiger partial charge on any atom is 0.103 e. The maximum atomic E-state index is 9.22. The molecule has 1 heterocycles. The molecule has 1 aliphatic heterocycles. The molecule has 1 aliphatic rings. The van der Waals surface area contributed by atoms with Gasteiger partial charge in [-0.25, -0.2) is 0 Å². The van der Waals surface area contributed by atoms with Gasteiger partial charge in [0.15, 0.2) is 0 Å². The van der Waals surface area contributed by atoms with Crippen LogP contribution in [0, 0.1) is 11.3 Å². The molecule has 1 aromatic rings. The summed E-state index contributed by atoms with van der Waals surface area (Å²) in [5, 5.41) is 9.22. The van der Waals surface area contributed by atoms with Crippen LogP contribution in [0.15, 0.2) is 22.7 Å². The Labute approximate surface area is 111 Å². The van der Waals surface area contributed by atoms with Crippen LogP contribution >= 0.6 is 15.9 Å². The van der Waals surface area contributed by atoms with Crippen molar-refractivity contribution in [3.8, 4) is 6.07 Å². The number of nitriles is 1. The monoisotopic (exact) mass is 293 g/mol. The number of likely N-dealkylation sites (N-methyl/N-ethyl adjacent to an activating group) is 1. The van der Waals surface area contributed by atoms with Crippen LogP contribution in [0.2, 0.25) is 0 Å². The van der Waals surface area contributed by atoms with E-state index in [0.29, 0.717) is 6.04 Å². The van der Waals surface area contributed by atoms with Crippen LogP contribution < -0.4 is 4.90 Å². The van der Waals surface area contributed by atoms with Gasteiger partial charge in [-0.2, -0.15) is 5.26 Å². The fourth-order valence-electron chi connectivity index (χ4n) is 2.27. The van der Waals surface area contributed by atoms with Gasteiger partial charge in [0, 0.05) is 23.6 Å². The predicted molar refractivity (Wildman–Crippen MR) is 73.2 cm³/mol. The molecular weight excluding hydrogens is 278 g/mol. The molecule has 1 fully saturated rings. The van der Waals surface area contributed by atoms with E-state index in [9.17, 15) is 5.26 Å². The summed E-state index contributed by atoms with van der Waals surface area (Å²) in [5.41, 5.74) is 1.79. The van der Waals surface area contributed by atoms with Gasteiger partial charge in [0.2, 0.25) is 0 Å². The Morgan fingerprint density at radius 3 is 2.82 bits per heavy atom. The second kappa shape index (κ2) is 5.07. The summed E-state index contributed by atoms with van der Waals surface area (Å²) in [5.74, 6) is 0. The molecule has 1 unspecified atom stereocenters. The van der Waals surface area contributed by atoms with Crippen LogP contribution in [0.25, 0.3) is 0 Å². The Kier molecular flexibility index (Phi) is 3.70. The van der Waals surface area contributed by atoms with Crippen LogP contribution in [-0.2, 0) is 0 Å². The normalized spacial score (nSPS) is 19.7. The second-order valence-electron chi connectivity index (χ2n) is 4.60. The van der Waals surface area contributed by atoms with Crippen LogP contribution in [0.4, 0.5) is 5.69 Å². The van der Waals surface area contributed by atoms with Crippen molar-refractivity contribution < 1.29 is 0 Å². The topological polar surface area (TPSA) is 30.3 Å². The van der Waals surface area contributed by atoms with Gasteiger partial charge in [-0.15, -0.1) is 0 Å². The third kappa shape index (κ3) is 2.46. The molecule has 0 aliphatic carbocycles. The quantitative estimate of drug-likeness (QED) is 0.839. The molecule has 1 atom stereocenters. The molecule has 0 aromatic heterocycles. The summed E-state index contributed by atoms with van der Waals surface area (Å²) in [6.07, 6.45) is 1.16. The highest BCUT2D eigenvalue weighted by Gasteiger charge is 2.25. The van der Waals surface area contributed by atoms with Gasteiger partial charge in [-0.1, -0.05) is 6.07 Å². The Morgan fingerprint density at radius 2 is 2.24 bits per heavy atom. The van der Waals surface area contributed by atoms with E-state index in [1.165, 1.54) is 0 Å². The smallest absolute Gasteiger partial charge is 0.103 e. The summed E-state index contributed by atoms with van der Waals surface area (Å²) in [7, 11) is 4.22. The molecule has 1 saturated heterocycles. The lowest BCUT2D eigenvalue weighted by Crippen LogP contribution is -2.31. The third-order valence-electron chi connectivity index (χ3n) is 3.34. The highest BCUT2D eigenvalue weighted by atomic mass is 79.9. The number of hydrogen-bond acceptors (Lipinski definition) is 3. The van der Waals surface area contributed by atoms with Crippen molar-refractivity contribution in [2.45, 2.75) is 12.5 Å². The van der Waals surface area contributed by atoms with E-state index in [2.05, 4.69) is 45.9 Å². The van der Waals surface area contributed by atoms with Gasteiger partial charge in [0.25, 0.3) is 0 Å². The zero-order chi connectivity index (χ0) is 12.4. The van der Waals surface area contributed by atoms with E-state index in [1.54, 1.807) is 0 Å². The minimum absolute atomic E-state index is 0.584. The van der Waals surface area contributed by atoms with Crippen LogP contribution in [-0.4, -0.2) is 38.1 Å². The standard InChI is InChI=1S/C13H16BrN3/c1-16(2)10-6-7-17(9-10)13-5-3-4-12(14)11(13)8-15/h3-5,10H,6-7,9H2,1-2H3. The summed E-state index contributed by atoms with van der Waals surface area (Å²) < 4.78 is 0.880. The first-order valence-corrected chi connectivity index (χ1v) is 6.52. The Morgan fingerprint density at radius 1 is 1.47 bits per heavy atom. The third-order valence-corrected chi connectivity index (χ3v) is 4.00. The number of hydrogen-bond donors (Lipinski definition) is 0. The number of rotatable bonds is 2. The van der Waals surface area contributed by atoms with E-state index in [-0.39, 0.29) is 0 Å². The van der Waals surface area contributed by atoms with Crippen molar-refractivity contribution in [1.82, 2.24) is 4.90 Å². The molecule has 0 radical (unpaired) electrons. The molecule has 0 amide bonds. The predicted octanol–water partition coefficient (Wildman–Crippen LogP) is 2.46. The first kappa shape index (κ1) is 12.4. The molecule has 2 rings (SSSR count). The number of benzene rings is 1. The number of anilines is 1. The fraction of sp³-hybridized carbons (Fsp3) is 0.462. The van der Waals surface area contributed by atoms with Crippen molar-refractivity contribution in [3.63, 3.8) is 0 Å². The molecule has 0 saturated carbocycles. The molecule has 17 heavy (non-hydrogen) atoms. The molecule has 0 spiro atoms. The average molecular weight is 294 g/mol. The highest BCUT2D eigenvalue weighted by Crippen LogP contribution is 2.30.